The fourth-order valence-corrected chi connectivity index (χ4v) is 5.60. The molecule has 2 aromatic rings. The number of likely N-dealkylation sites (tertiary alicyclic amines) is 1. The monoisotopic (exact) mass is 512 g/mol. The van der Waals surface area contributed by atoms with Gasteiger partial charge in [0.05, 0.1) is 17.0 Å². The molecule has 5 nitrogen and oxygen atoms in total. The van der Waals surface area contributed by atoms with Crippen molar-refractivity contribution in [1.82, 2.24) is 9.88 Å². The minimum atomic E-state index is -0.760. The molecular formula is C33H40N2O3. The number of piperidine rings is 1. The molecular weight excluding hydrogens is 472 g/mol. The largest absolute Gasteiger partial charge is 0.481 e. The summed E-state index contributed by atoms with van der Waals surface area (Å²) in [6.07, 6.45) is 17.9. The molecule has 4 rings (SSSR count). The third-order valence-corrected chi connectivity index (χ3v) is 7.87. The average Bonchev–Trinajstić information content (AvgIpc) is 2.94. The van der Waals surface area contributed by atoms with E-state index in [1.807, 2.05) is 31.2 Å². The molecule has 0 bridgehead atoms. The zero-order chi connectivity index (χ0) is 26.9. The molecule has 1 aromatic carbocycles. The van der Waals surface area contributed by atoms with E-state index in [2.05, 4.69) is 60.4 Å². The first-order chi connectivity index (χ1) is 18.5. The van der Waals surface area contributed by atoms with Crippen LogP contribution in [0.4, 0.5) is 0 Å². The van der Waals surface area contributed by atoms with Crippen LogP contribution < -0.4 is 10.6 Å². The smallest absolute Gasteiger partial charge is 0.303 e. The zero-order valence-electron chi connectivity index (χ0n) is 22.7. The molecule has 2 aliphatic rings. The maximum atomic E-state index is 13.5. The van der Waals surface area contributed by atoms with Gasteiger partial charge in [-0.15, -0.1) is 0 Å². The van der Waals surface area contributed by atoms with Gasteiger partial charge in [0.2, 0.25) is 5.91 Å². The molecule has 0 saturated carbocycles. The normalized spacial score (nSPS) is 18.7. The first-order valence-corrected chi connectivity index (χ1v) is 14.0. The number of rotatable bonds is 10. The maximum absolute atomic E-state index is 13.5. The van der Waals surface area contributed by atoms with E-state index >= 15 is 0 Å². The second kappa shape index (κ2) is 13.4. The van der Waals surface area contributed by atoms with Crippen molar-refractivity contribution in [2.75, 3.05) is 13.1 Å². The summed E-state index contributed by atoms with van der Waals surface area (Å²) in [5.41, 5.74) is 3.13. The lowest BCUT2D eigenvalue weighted by Crippen LogP contribution is -2.44. The molecule has 1 amide bonds. The number of hydrogen-bond acceptors (Lipinski definition) is 3. The third-order valence-electron chi connectivity index (χ3n) is 7.87. The van der Waals surface area contributed by atoms with Crippen LogP contribution in [-0.4, -0.2) is 40.0 Å². The molecule has 1 saturated heterocycles. The molecule has 1 unspecified atom stereocenters. The van der Waals surface area contributed by atoms with Crippen LogP contribution in [0.1, 0.15) is 57.9 Å². The minimum Gasteiger partial charge on any atom is -0.481 e. The Morgan fingerprint density at radius 1 is 1.13 bits per heavy atom. The van der Waals surface area contributed by atoms with Crippen molar-refractivity contribution in [3.63, 3.8) is 0 Å². The number of aryl methyl sites for hydroxylation is 1. The molecule has 1 aliphatic heterocycles. The number of hydrogen-bond donors (Lipinski definition) is 1. The van der Waals surface area contributed by atoms with Crippen LogP contribution in [0.2, 0.25) is 0 Å². The van der Waals surface area contributed by atoms with E-state index < -0.39 is 5.97 Å². The van der Waals surface area contributed by atoms with Crippen molar-refractivity contribution >= 4 is 24.0 Å². The second-order valence-corrected chi connectivity index (χ2v) is 10.6. The Balaban J connectivity index is 1.49. The predicted molar refractivity (Wildman–Crippen MR) is 154 cm³/mol. The zero-order valence-corrected chi connectivity index (χ0v) is 22.7. The first-order valence-electron chi connectivity index (χ1n) is 14.0. The van der Waals surface area contributed by atoms with Gasteiger partial charge in [-0.3, -0.25) is 9.59 Å². The lowest BCUT2D eigenvalue weighted by molar-refractivity contribution is -0.137. The Hall–Kier alpha value is -3.47. The van der Waals surface area contributed by atoms with E-state index in [0.717, 1.165) is 66.2 Å². The number of unbranched alkanes of at least 4 members (excludes halogenated alkanes) is 1. The molecule has 0 radical (unpaired) electrons. The van der Waals surface area contributed by atoms with E-state index in [-0.39, 0.29) is 18.2 Å². The Labute approximate surface area is 226 Å². The van der Waals surface area contributed by atoms with Crippen molar-refractivity contribution in [2.24, 2.45) is 17.8 Å². The molecule has 1 fully saturated rings. The first kappa shape index (κ1) is 27.6. The lowest BCUT2D eigenvalue weighted by Gasteiger charge is -2.35. The maximum Gasteiger partial charge on any atom is 0.303 e. The van der Waals surface area contributed by atoms with Gasteiger partial charge in [-0.2, -0.15) is 0 Å². The van der Waals surface area contributed by atoms with Gasteiger partial charge in [0.1, 0.15) is 0 Å². The fraction of sp³-hybridized carbons (Fsp3) is 0.424. The van der Waals surface area contributed by atoms with Crippen molar-refractivity contribution in [3.8, 4) is 11.3 Å². The Morgan fingerprint density at radius 3 is 2.61 bits per heavy atom. The molecule has 2 atom stereocenters. The summed E-state index contributed by atoms with van der Waals surface area (Å²) in [6.45, 7) is 5.95. The molecule has 200 valence electrons. The number of pyridine rings is 1. The van der Waals surface area contributed by atoms with E-state index in [4.69, 9.17) is 10.1 Å². The number of nitrogens with zero attached hydrogens (tertiary/aromatic N) is 2. The molecule has 5 heteroatoms. The van der Waals surface area contributed by atoms with Crippen LogP contribution in [0.5, 0.6) is 0 Å². The molecule has 38 heavy (non-hydrogen) atoms. The van der Waals surface area contributed by atoms with Crippen LogP contribution in [0.15, 0.2) is 60.7 Å². The summed E-state index contributed by atoms with van der Waals surface area (Å²) < 4.78 is 0. The van der Waals surface area contributed by atoms with E-state index in [1.165, 1.54) is 0 Å². The summed E-state index contributed by atoms with van der Waals surface area (Å²) in [4.78, 5) is 31.5. The highest BCUT2D eigenvalue weighted by atomic mass is 16.4. The van der Waals surface area contributed by atoms with Crippen molar-refractivity contribution in [3.05, 3.63) is 76.8 Å². The Bertz CT molecular complexity index is 1290. The molecule has 0 spiro atoms. The van der Waals surface area contributed by atoms with E-state index in [0.29, 0.717) is 24.7 Å². The minimum absolute atomic E-state index is 0.157. The number of aromatic nitrogens is 1. The number of aliphatic carboxylic acids is 1. The van der Waals surface area contributed by atoms with Gasteiger partial charge in [-0.1, -0.05) is 73.7 Å². The van der Waals surface area contributed by atoms with Gasteiger partial charge < -0.3 is 10.0 Å². The van der Waals surface area contributed by atoms with Gasteiger partial charge in [-0.25, -0.2) is 4.98 Å². The van der Waals surface area contributed by atoms with Gasteiger partial charge in [0.15, 0.2) is 0 Å². The lowest BCUT2D eigenvalue weighted by atomic mass is 9.84. The van der Waals surface area contributed by atoms with Crippen molar-refractivity contribution < 1.29 is 14.7 Å². The average molecular weight is 513 g/mol. The van der Waals surface area contributed by atoms with Crippen LogP contribution in [0.25, 0.3) is 23.4 Å². The van der Waals surface area contributed by atoms with Crippen LogP contribution in [0.3, 0.4) is 0 Å². The number of carbonyl (C=O) groups is 2. The number of fused-ring (bicyclic) bond motifs is 1. The van der Waals surface area contributed by atoms with Crippen molar-refractivity contribution in [1.29, 1.82) is 0 Å². The standard InChI is InChI=1S/C33H40N2O3/c1-3-4-6-11-24(2)25-18-20-35(21-19-25)33(38)28-16-17-30-29(23-28)22-27(14-9-10-15-31(36)37)32(34-30)26-12-7-5-8-13-26/h3-8,11-13,17,22-25,28H,9-10,14-16,18-21H2,1-2H3,(H,36,37)/b4-3-,11-6-/t24-,28?/m1/s1. The SMILES string of the molecule is C/C=C\C=C/[C@@H](C)C1CCN(C(=O)C2C=c3cc(CCCCC(=O)O)c(-c4ccccc4)nc3=CC2)CC1. The van der Waals surface area contributed by atoms with Gasteiger partial charge in [0, 0.05) is 25.1 Å². The molecule has 2 heterocycles. The van der Waals surface area contributed by atoms with Crippen LogP contribution in [-0.2, 0) is 16.0 Å². The van der Waals surface area contributed by atoms with Gasteiger partial charge in [-0.05, 0) is 74.1 Å². The number of benzene rings is 1. The molecule has 1 aromatic heterocycles. The number of carboxylic acid groups (broad SMARTS) is 1. The number of carboxylic acids is 1. The summed E-state index contributed by atoms with van der Waals surface area (Å²) >= 11 is 0. The predicted octanol–water partition coefficient (Wildman–Crippen LogP) is 5.13. The van der Waals surface area contributed by atoms with Crippen LogP contribution in [0, 0.1) is 17.8 Å². The van der Waals surface area contributed by atoms with E-state index in [1.54, 1.807) is 0 Å². The summed E-state index contributed by atoms with van der Waals surface area (Å²) in [6, 6.07) is 12.3. The van der Waals surface area contributed by atoms with E-state index in [9.17, 15) is 9.59 Å². The molecule has 1 N–H and O–H groups in total. The Morgan fingerprint density at radius 2 is 1.89 bits per heavy atom. The second-order valence-electron chi connectivity index (χ2n) is 10.6. The topological polar surface area (TPSA) is 70.5 Å². The van der Waals surface area contributed by atoms with Gasteiger partial charge >= 0.3 is 5.97 Å². The number of carbonyl (C=O) groups excluding carboxylic acids is 1. The Kier molecular flexibility index (Phi) is 9.69. The van der Waals surface area contributed by atoms with Crippen molar-refractivity contribution in [2.45, 2.75) is 58.8 Å². The summed E-state index contributed by atoms with van der Waals surface area (Å²) in [5, 5.41) is 11.0. The summed E-state index contributed by atoms with van der Waals surface area (Å²) in [7, 11) is 0. The fourth-order valence-electron chi connectivity index (χ4n) is 5.60. The van der Waals surface area contributed by atoms with Crippen LogP contribution >= 0.6 is 0 Å². The summed E-state index contributed by atoms with van der Waals surface area (Å²) in [5.74, 6) is 0.439. The third kappa shape index (κ3) is 7.09. The number of amides is 1. The van der Waals surface area contributed by atoms with Gasteiger partial charge in [0.25, 0.3) is 0 Å². The highest BCUT2D eigenvalue weighted by Crippen LogP contribution is 2.28. The quantitative estimate of drug-likeness (QED) is 0.354. The highest BCUT2D eigenvalue weighted by molar-refractivity contribution is 5.85. The highest BCUT2D eigenvalue weighted by Gasteiger charge is 2.29. The number of allylic oxidation sites excluding steroid dienone is 4. The molecule has 1 aliphatic carbocycles.